The molecule has 0 aromatic heterocycles. The first kappa shape index (κ1) is 16.1. The predicted octanol–water partition coefficient (Wildman–Crippen LogP) is 4.07. The van der Waals surface area contributed by atoms with Gasteiger partial charge in [0.25, 0.3) is 5.91 Å². The molecule has 106 valence electrons. The Morgan fingerprint density at radius 2 is 2.05 bits per heavy atom. The van der Waals surface area contributed by atoms with Crippen LogP contribution in [0.5, 0.6) is 5.75 Å². The van der Waals surface area contributed by atoms with Gasteiger partial charge in [0, 0.05) is 17.1 Å². The van der Waals surface area contributed by atoms with E-state index in [9.17, 15) is 4.79 Å². The first-order valence-corrected chi connectivity index (χ1v) is 7.11. The number of rotatable bonds is 6. The number of carbonyl (C=O) groups is 1. The standard InChI is InChI=1S/C14H19Cl2NO2/c1-4-5-9(2)17-14(18)10(3)19-13-8-11(15)6-7-12(13)16/h6-10H,4-5H2,1-3H3,(H,17,18)/t9-,10-/m1/s1. The lowest BCUT2D eigenvalue weighted by Crippen LogP contribution is -2.41. The lowest BCUT2D eigenvalue weighted by molar-refractivity contribution is -0.127. The van der Waals surface area contributed by atoms with Gasteiger partial charge in [-0.2, -0.15) is 0 Å². The molecule has 1 aromatic carbocycles. The van der Waals surface area contributed by atoms with Crippen molar-refractivity contribution in [3.05, 3.63) is 28.2 Å². The van der Waals surface area contributed by atoms with E-state index < -0.39 is 6.10 Å². The van der Waals surface area contributed by atoms with Crippen LogP contribution >= 0.6 is 23.2 Å². The quantitative estimate of drug-likeness (QED) is 0.860. The van der Waals surface area contributed by atoms with Crippen LogP contribution in [0.4, 0.5) is 0 Å². The number of hydrogen-bond donors (Lipinski definition) is 1. The van der Waals surface area contributed by atoms with Crippen molar-refractivity contribution >= 4 is 29.1 Å². The zero-order chi connectivity index (χ0) is 14.4. The summed E-state index contributed by atoms with van der Waals surface area (Å²) in [6.45, 7) is 5.74. The van der Waals surface area contributed by atoms with Crippen molar-refractivity contribution in [1.29, 1.82) is 0 Å². The zero-order valence-electron chi connectivity index (χ0n) is 11.4. The Bertz CT molecular complexity index is 437. The van der Waals surface area contributed by atoms with Gasteiger partial charge in [-0.25, -0.2) is 0 Å². The largest absolute Gasteiger partial charge is 0.479 e. The fraction of sp³-hybridized carbons (Fsp3) is 0.500. The van der Waals surface area contributed by atoms with Gasteiger partial charge in [0.2, 0.25) is 0 Å². The molecule has 0 spiro atoms. The molecular weight excluding hydrogens is 285 g/mol. The molecule has 19 heavy (non-hydrogen) atoms. The van der Waals surface area contributed by atoms with Gasteiger partial charge < -0.3 is 10.1 Å². The van der Waals surface area contributed by atoms with E-state index >= 15 is 0 Å². The highest BCUT2D eigenvalue weighted by Gasteiger charge is 2.17. The van der Waals surface area contributed by atoms with Crippen LogP contribution in [-0.4, -0.2) is 18.1 Å². The molecule has 1 N–H and O–H groups in total. The lowest BCUT2D eigenvalue weighted by atomic mass is 10.2. The van der Waals surface area contributed by atoms with Gasteiger partial charge in [0.1, 0.15) is 5.75 Å². The fourth-order valence-corrected chi connectivity index (χ4v) is 2.00. The molecule has 1 aromatic rings. The second-order valence-corrected chi connectivity index (χ2v) is 5.38. The van der Waals surface area contributed by atoms with Gasteiger partial charge in [0.05, 0.1) is 5.02 Å². The average molecular weight is 304 g/mol. The summed E-state index contributed by atoms with van der Waals surface area (Å²) < 4.78 is 5.54. The van der Waals surface area contributed by atoms with E-state index in [-0.39, 0.29) is 11.9 Å². The maximum Gasteiger partial charge on any atom is 0.260 e. The highest BCUT2D eigenvalue weighted by atomic mass is 35.5. The second-order valence-electron chi connectivity index (χ2n) is 4.53. The van der Waals surface area contributed by atoms with E-state index in [0.717, 1.165) is 12.8 Å². The molecule has 2 atom stereocenters. The summed E-state index contributed by atoms with van der Waals surface area (Å²) in [4.78, 5) is 11.9. The third-order valence-electron chi connectivity index (χ3n) is 2.68. The molecule has 1 amide bonds. The summed E-state index contributed by atoms with van der Waals surface area (Å²) in [5.74, 6) is 0.261. The normalized spacial score (nSPS) is 13.7. The Kier molecular flexibility index (Phi) is 6.46. The maximum absolute atomic E-state index is 11.9. The van der Waals surface area contributed by atoms with Gasteiger partial charge in [-0.15, -0.1) is 0 Å². The van der Waals surface area contributed by atoms with Crippen molar-refractivity contribution in [2.75, 3.05) is 0 Å². The first-order valence-electron chi connectivity index (χ1n) is 6.36. The predicted molar refractivity (Wildman–Crippen MR) is 79.1 cm³/mol. The van der Waals surface area contributed by atoms with Crippen LogP contribution < -0.4 is 10.1 Å². The monoisotopic (exact) mass is 303 g/mol. The van der Waals surface area contributed by atoms with E-state index in [0.29, 0.717) is 15.8 Å². The summed E-state index contributed by atoms with van der Waals surface area (Å²) >= 11 is 11.9. The summed E-state index contributed by atoms with van der Waals surface area (Å²) in [5, 5.41) is 3.85. The van der Waals surface area contributed by atoms with Crippen LogP contribution in [0.3, 0.4) is 0 Å². The van der Waals surface area contributed by atoms with E-state index in [2.05, 4.69) is 12.2 Å². The van der Waals surface area contributed by atoms with E-state index in [1.54, 1.807) is 25.1 Å². The van der Waals surface area contributed by atoms with Crippen LogP contribution in [0.1, 0.15) is 33.6 Å². The van der Waals surface area contributed by atoms with Crippen LogP contribution in [0.2, 0.25) is 10.0 Å². The van der Waals surface area contributed by atoms with Gasteiger partial charge in [0.15, 0.2) is 6.10 Å². The first-order chi connectivity index (χ1) is 8.93. The molecular formula is C14H19Cl2NO2. The fourth-order valence-electron chi connectivity index (χ4n) is 1.68. The van der Waals surface area contributed by atoms with Crippen molar-refractivity contribution < 1.29 is 9.53 Å². The van der Waals surface area contributed by atoms with Gasteiger partial charge in [-0.1, -0.05) is 36.5 Å². The maximum atomic E-state index is 11.9. The molecule has 0 saturated heterocycles. The van der Waals surface area contributed by atoms with Crippen molar-refractivity contribution in [2.24, 2.45) is 0 Å². The smallest absolute Gasteiger partial charge is 0.260 e. The molecule has 0 unspecified atom stereocenters. The average Bonchev–Trinajstić information content (AvgIpc) is 2.34. The molecule has 1 rings (SSSR count). The minimum absolute atomic E-state index is 0.137. The Morgan fingerprint density at radius 3 is 2.68 bits per heavy atom. The Morgan fingerprint density at radius 1 is 1.37 bits per heavy atom. The summed E-state index contributed by atoms with van der Waals surface area (Å²) in [7, 11) is 0. The highest BCUT2D eigenvalue weighted by Crippen LogP contribution is 2.28. The minimum atomic E-state index is -0.615. The third kappa shape index (κ3) is 5.29. The van der Waals surface area contributed by atoms with Crippen molar-refractivity contribution in [3.8, 4) is 5.75 Å². The van der Waals surface area contributed by atoms with Crippen molar-refractivity contribution in [3.63, 3.8) is 0 Å². The summed E-state index contributed by atoms with van der Waals surface area (Å²) in [5.41, 5.74) is 0. The van der Waals surface area contributed by atoms with Gasteiger partial charge >= 0.3 is 0 Å². The number of hydrogen-bond acceptors (Lipinski definition) is 2. The molecule has 0 aliphatic heterocycles. The molecule has 0 saturated carbocycles. The number of halogens is 2. The van der Waals surface area contributed by atoms with E-state index in [4.69, 9.17) is 27.9 Å². The van der Waals surface area contributed by atoms with E-state index in [1.807, 2.05) is 6.92 Å². The molecule has 0 aliphatic carbocycles. The van der Waals surface area contributed by atoms with Crippen LogP contribution in [0, 0.1) is 0 Å². The van der Waals surface area contributed by atoms with Gasteiger partial charge in [-0.05, 0) is 32.4 Å². The Balaban J connectivity index is 2.61. The second kappa shape index (κ2) is 7.61. The number of nitrogens with one attached hydrogen (secondary N) is 1. The number of carbonyl (C=O) groups excluding carboxylic acids is 1. The van der Waals surface area contributed by atoms with Crippen molar-refractivity contribution in [1.82, 2.24) is 5.32 Å². The molecule has 0 fully saturated rings. The highest BCUT2D eigenvalue weighted by molar-refractivity contribution is 6.34. The zero-order valence-corrected chi connectivity index (χ0v) is 12.9. The topological polar surface area (TPSA) is 38.3 Å². The van der Waals surface area contributed by atoms with Crippen LogP contribution in [0.15, 0.2) is 18.2 Å². The molecule has 0 heterocycles. The molecule has 5 heteroatoms. The molecule has 0 aliphatic rings. The molecule has 3 nitrogen and oxygen atoms in total. The van der Waals surface area contributed by atoms with E-state index in [1.165, 1.54) is 0 Å². The summed E-state index contributed by atoms with van der Waals surface area (Å²) in [6, 6.07) is 5.05. The summed E-state index contributed by atoms with van der Waals surface area (Å²) in [6.07, 6.45) is 1.35. The lowest BCUT2D eigenvalue weighted by Gasteiger charge is -2.19. The van der Waals surface area contributed by atoms with Crippen molar-refractivity contribution in [2.45, 2.75) is 45.8 Å². The number of ether oxygens (including phenoxy) is 1. The minimum Gasteiger partial charge on any atom is -0.479 e. The molecule has 0 radical (unpaired) electrons. The third-order valence-corrected chi connectivity index (χ3v) is 3.22. The number of amides is 1. The molecule has 0 bridgehead atoms. The SMILES string of the molecule is CCC[C@@H](C)NC(=O)[C@@H](C)Oc1cc(Cl)ccc1Cl. The van der Waals surface area contributed by atoms with Crippen LogP contribution in [-0.2, 0) is 4.79 Å². The van der Waals surface area contributed by atoms with Gasteiger partial charge in [-0.3, -0.25) is 4.79 Å². The van der Waals surface area contributed by atoms with Crippen LogP contribution in [0.25, 0.3) is 0 Å². The Labute approximate surface area is 124 Å². The Hall–Kier alpha value is -0.930. The number of benzene rings is 1.